The topological polar surface area (TPSA) is 73.9 Å². The summed E-state index contributed by atoms with van der Waals surface area (Å²) in [5.74, 6) is 0. The van der Waals surface area contributed by atoms with Crippen LogP contribution in [0.15, 0.2) is 9.40 Å². The van der Waals surface area contributed by atoms with Crippen molar-refractivity contribution in [3.63, 3.8) is 0 Å². The average molecular weight is 378 g/mol. The predicted molar refractivity (Wildman–Crippen MR) is 94.1 cm³/mol. The van der Waals surface area contributed by atoms with Crippen molar-refractivity contribution in [2.75, 3.05) is 18.0 Å². The first-order valence-electron chi connectivity index (χ1n) is 8.19. The highest BCUT2D eigenvalue weighted by Crippen LogP contribution is 2.32. The van der Waals surface area contributed by atoms with Gasteiger partial charge in [-0.1, -0.05) is 6.92 Å². The number of H-pyrrole nitrogens is 1. The van der Waals surface area contributed by atoms with E-state index in [9.17, 15) is 4.79 Å². The molecule has 122 valence electrons. The van der Waals surface area contributed by atoms with Crippen LogP contribution >= 0.6 is 15.9 Å². The standard InChI is InChI=1S/C16H20BrN5O/c1-3-9-13(22-7-6-18-10-4-5-11(10)22)14(23)12-16(20-9)19-8(2)15(17)21-12/h10-11,18H,3-7H2,1-2H3,(H,19,20,23)/t10-,11-/m0/s1. The first-order chi connectivity index (χ1) is 11.1. The van der Waals surface area contributed by atoms with Gasteiger partial charge in [0.15, 0.2) is 11.2 Å². The molecule has 23 heavy (non-hydrogen) atoms. The second kappa shape index (κ2) is 5.56. The second-order valence-electron chi connectivity index (χ2n) is 6.33. The summed E-state index contributed by atoms with van der Waals surface area (Å²) in [6, 6.07) is 0.939. The molecular formula is C16H20BrN5O. The highest BCUT2D eigenvalue weighted by Gasteiger charge is 2.39. The van der Waals surface area contributed by atoms with Crippen LogP contribution in [-0.2, 0) is 6.42 Å². The van der Waals surface area contributed by atoms with Crippen LogP contribution in [0.3, 0.4) is 0 Å². The molecule has 3 heterocycles. The number of anilines is 1. The molecule has 0 amide bonds. The highest BCUT2D eigenvalue weighted by molar-refractivity contribution is 9.10. The van der Waals surface area contributed by atoms with E-state index in [-0.39, 0.29) is 5.43 Å². The minimum Gasteiger partial charge on any atom is -0.361 e. The Labute approximate surface area is 142 Å². The fourth-order valence-corrected chi connectivity index (χ4v) is 3.93. The van der Waals surface area contributed by atoms with Crippen molar-refractivity contribution in [1.82, 2.24) is 20.3 Å². The van der Waals surface area contributed by atoms with Gasteiger partial charge in [0.1, 0.15) is 10.3 Å². The van der Waals surface area contributed by atoms with Crippen LogP contribution in [0, 0.1) is 6.92 Å². The fraction of sp³-hybridized carbons (Fsp3) is 0.562. The molecule has 1 aliphatic carbocycles. The molecule has 2 aromatic heterocycles. The number of nitrogens with one attached hydrogen (secondary N) is 2. The van der Waals surface area contributed by atoms with E-state index in [4.69, 9.17) is 0 Å². The van der Waals surface area contributed by atoms with E-state index in [1.807, 2.05) is 6.92 Å². The van der Waals surface area contributed by atoms with Crippen molar-refractivity contribution in [3.05, 3.63) is 26.2 Å². The van der Waals surface area contributed by atoms with E-state index in [2.05, 4.69) is 48.0 Å². The van der Waals surface area contributed by atoms with Gasteiger partial charge in [-0.2, -0.15) is 0 Å². The number of aryl methyl sites for hydroxylation is 2. The number of aromatic nitrogens is 3. The van der Waals surface area contributed by atoms with E-state index in [1.165, 1.54) is 6.42 Å². The van der Waals surface area contributed by atoms with Crippen molar-refractivity contribution < 1.29 is 0 Å². The number of fused-ring (bicyclic) bond motifs is 2. The number of piperazine rings is 1. The molecule has 1 saturated heterocycles. The largest absolute Gasteiger partial charge is 0.361 e. The van der Waals surface area contributed by atoms with E-state index >= 15 is 0 Å². The maximum Gasteiger partial charge on any atom is 0.233 e. The molecule has 1 aliphatic heterocycles. The maximum absolute atomic E-state index is 13.1. The lowest BCUT2D eigenvalue weighted by Crippen LogP contribution is -2.64. The summed E-state index contributed by atoms with van der Waals surface area (Å²) in [6.07, 6.45) is 3.11. The van der Waals surface area contributed by atoms with E-state index in [0.717, 1.165) is 43.0 Å². The molecule has 6 nitrogen and oxygen atoms in total. The Hall–Kier alpha value is -1.47. The average Bonchev–Trinajstić information content (AvgIpc) is 2.50. The summed E-state index contributed by atoms with van der Waals surface area (Å²) in [5.41, 5.74) is 3.54. The molecule has 0 unspecified atom stereocenters. The van der Waals surface area contributed by atoms with Gasteiger partial charge < -0.3 is 15.2 Å². The summed E-state index contributed by atoms with van der Waals surface area (Å²) < 4.78 is 0.632. The zero-order chi connectivity index (χ0) is 16.1. The van der Waals surface area contributed by atoms with Crippen molar-refractivity contribution in [2.45, 2.75) is 45.2 Å². The SMILES string of the molecule is CCc1[nH]c2nc(C)c(Br)nc2c(=O)c1N1CCN[C@H]2CC[C@@H]21. The number of hydrogen-bond acceptors (Lipinski definition) is 5. The Morgan fingerprint density at radius 3 is 2.87 bits per heavy atom. The van der Waals surface area contributed by atoms with Crippen molar-refractivity contribution in [1.29, 1.82) is 0 Å². The Morgan fingerprint density at radius 1 is 1.35 bits per heavy atom. The molecular weight excluding hydrogens is 358 g/mol. The quantitative estimate of drug-likeness (QED) is 0.835. The molecule has 2 aromatic rings. The minimum atomic E-state index is -0.00338. The first-order valence-corrected chi connectivity index (χ1v) is 8.98. The molecule has 4 rings (SSSR count). The number of rotatable bonds is 2. The summed E-state index contributed by atoms with van der Waals surface area (Å²) in [6.45, 7) is 5.73. The van der Waals surface area contributed by atoms with Crippen LogP contribution in [0.25, 0.3) is 11.2 Å². The van der Waals surface area contributed by atoms with Crippen LogP contribution in [-0.4, -0.2) is 40.1 Å². The second-order valence-corrected chi connectivity index (χ2v) is 7.08. The van der Waals surface area contributed by atoms with Gasteiger partial charge in [0.2, 0.25) is 5.43 Å². The maximum atomic E-state index is 13.1. The van der Waals surface area contributed by atoms with E-state index in [1.54, 1.807) is 0 Å². The van der Waals surface area contributed by atoms with E-state index in [0.29, 0.717) is 27.9 Å². The number of nitrogens with zero attached hydrogens (tertiary/aromatic N) is 3. The Kier molecular flexibility index (Phi) is 3.65. The number of halogens is 1. The van der Waals surface area contributed by atoms with Crippen LogP contribution in [0.4, 0.5) is 5.69 Å². The lowest BCUT2D eigenvalue weighted by Gasteiger charge is -2.50. The van der Waals surface area contributed by atoms with Gasteiger partial charge in [0.05, 0.1) is 5.69 Å². The summed E-state index contributed by atoms with van der Waals surface area (Å²) >= 11 is 3.39. The minimum absolute atomic E-state index is 0.00338. The van der Waals surface area contributed by atoms with Crippen LogP contribution in [0.2, 0.25) is 0 Å². The van der Waals surface area contributed by atoms with Crippen molar-refractivity contribution in [3.8, 4) is 0 Å². The Morgan fingerprint density at radius 2 is 2.17 bits per heavy atom. The van der Waals surface area contributed by atoms with Crippen molar-refractivity contribution >= 4 is 32.8 Å². The lowest BCUT2D eigenvalue weighted by atomic mass is 9.83. The molecule has 1 saturated carbocycles. The van der Waals surface area contributed by atoms with Crippen LogP contribution in [0.5, 0.6) is 0 Å². The van der Waals surface area contributed by atoms with Gasteiger partial charge in [-0.15, -0.1) is 0 Å². The summed E-state index contributed by atoms with van der Waals surface area (Å²) in [5, 5.41) is 3.54. The molecule has 2 aliphatic rings. The first kappa shape index (κ1) is 15.1. The summed E-state index contributed by atoms with van der Waals surface area (Å²) in [4.78, 5) is 27.7. The van der Waals surface area contributed by atoms with Gasteiger partial charge in [-0.05, 0) is 42.1 Å². The van der Waals surface area contributed by atoms with Gasteiger partial charge >= 0.3 is 0 Å². The van der Waals surface area contributed by atoms with Crippen molar-refractivity contribution in [2.24, 2.45) is 0 Å². The third-order valence-electron chi connectivity index (χ3n) is 5.04. The number of hydrogen-bond donors (Lipinski definition) is 2. The van der Waals surface area contributed by atoms with Gasteiger partial charge in [-0.3, -0.25) is 4.79 Å². The molecule has 0 bridgehead atoms. The lowest BCUT2D eigenvalue weighted by molar-refractivity contribution is 0.240. The predicted octanol–water partition coefficient (Wildman–Crippen LogP) is 1.89. The Bertz CT molecular complexity index is 833. The van der Waals surface area contributed by atoms with E-state index < -0.39 is 0 Å². The molecule has 2 N–H and O–H groups in total. The monoisotopic (exact) mass is 377 g/mol. The smallest absolute Gasteiger partial charge is 0.233 e. The van der Waals surface area contributed by atoms with Crippen LogP contribution < -0.4 is 15.6 Å². The molecule has 0 aromatic carbocycles. The molecule has 7 heteroatoms. The third-order valence-corrected chi connectivity index (χ3v) is 5.79. The molecule has 0 spiro atoms. The highest BCUT2D eigenvalue weighted by atomic mass is 79.9. The molecule has 2 atom stereocenters. The molecule has 2 fully saturated rings. The zero-order valence-corrected chi connectivity index (χ0v) is 14.9. The Balaban J connectivity index is 1.93. The zero-order valence-electron chi connectivity index (χ0n) is 13.3. The number of aromatic amines is 1. The molecule has 0 radical (unpaired) electrons. The fourth-order valence-electron chi connectivity index (χ4n) is 3.66. The van der Waals surface area contributed by atoms with Crippen LogP contribution in [0.1, 0.15) is 31.2 Å². The van der Waals surface area contributed by atoms with Gasteiger partial charge in [0.25, 0.3) is 0 Å². The number of pyridine rings is 1. The van der Waals surface area contributed by atoms with Gasteiger partial charge in [0, 0.05) is 30.9 Å². The summed E-state index contributed by atoms with van der Waals surface area (Å²) in [7, 11) is 0. The third kappa shape index (κ3) is 2.29. The normalized spacial score (nSPS) is 23.7. The van der Waals surface area contributed by atoms with Gasteiger partial charge in [-0.25, -0.2) is 9.97 Å².